The largest absolute Gasteiger partial charge is 0.356 e. The summed E-state index contributed by atoms with van der Waals surface area (Å²) in [5, 5.41) is 8.92. The molecule has 2 aliphatic rings. The Morgan fingerprint density at radius 2 is 1.94 bits per heavy atom. The lowest BCUT2D eigenvalue weighted by Gasteiger charge is -2.32. The van der Waals surface area contributed by atoms with Gasteiger partial charge in [-0.1, -0.05) is 41.2 Å². The fourth-order valence-electron chi connectivity index (χ4n) is 4.78. The van der Waals surface area contributed by atoms with Crippen molar-refractivity contribution >= 4 is 27.3 Å². The van der Waals surface area contributed by atoms with Crippen LogP contribution in [0.15, 0.2) is 30.5 Å². The van der Waals surface area contributed by atoms with Crippen molar-refractivity contribution in [3.63, 3.8) is 0 Å². The van der Waals surface area contributed by atoms with Crippen molar-refractivity contribution in [2.75, 3.05) is 64.3 Å². The zero-order valence-corrected chi connectivity index (χ0v) is 21.1. The molecule has 1 amide bonds. The maximum Gasteiger partial charge on any atom is 0.224 e. The van der Waals surface area contributed by atoms with Gasteiger partial charge in [-0.3, -0.25) is 4.79 Å². The van der Waals surface area contributed by atoms with E-state index in [-0.39, 0.29) is 11.8 Å². The Bertz CT molecular complexity index is 1070. The van der Waals surface area contributed by atoms with E-state index in [1.165, 1.54) is 5.56 Å². The highest BCUT2D eigenvalue weighted by atomic mass is 32.1. The van der Waals surface area contributed by atoms with E-state index in [2.05, 4.69) is 58.3 Å². The van der Waals surface area contributed by atoms with Crippen molar-refractivity contribution in [3.8, 4) is 11.3 Å². The molecule has 0 saturated carbocycles. The Morgan fingerprint density at radius 1 is 1.15 bits per heavy atom. The van der Waals surface area contributed by atoms with Crippen molar-refractivity contribution in [3.05, 3.63) is 36.0 Å². The van der Waals surface area contributed by atoms with Gasteiger partial charge in [0.1, 0.15) is 0 Å². The molecule has 0 unspecified atom stereocenters. The van der Waals surface area contributed by atoms with E-state index >= 15 is 0 Å². The Hall–Kier alpha value is -2.49. The summed E-state index contributed by atoms with van der Waals surface area (Å²) in [6.45, 7) is 10.1. The summed E-state index contributed by atoms with van der Waals surface area (Å²) < 4.78 is 1.87. The van der Waals surface area contributed by atoms with E-state index in [0.717, 1.165) is 93.0 Å². The number of aryl methyl sites for hydroxylation is 1. The molecule has 1 N–H and O–H groups in total. The lowest BCUT2D eigenvalue weighted by Crippen LogP contribution is -2.46. The van der Waals surface area contributed by atoms with Gasteiger partial charge < -0.3 is 20.0 Å². The molecule has 1 atom stereocenters. The van der Waals surface area contributed by atoms with Gasteiger partial charge in [0.05, 0.1) is 17.8 Å². The van der Waals surface area contributed by atoms with Crippen LogP contribution in [-0.2, 0) is 4.79 Å². The van der Waals surface area contributed by atoms with Crippen LogP contribution in [0.1, 0.15) is 24.8 Å². The van der Waals surface area contributed by atoms with Crippen molar-refractivity contribution < 1.29 is 4.79 Å². The van der Waals surface area contributed by atoms with Crippen molar-refractivity contribution in [1.29, 1.82) is 0 Å². The summed E-state index contributed by atoms with van der Waals surface area (Å²) in [7, 11) is 2.18. The number of hydrogen-bond donors (Lipinski definition) is 1. The number of likely N-dealkylation sites (N-methyl/N-ethyl adjacent to an activating group) is 1. The van der Waals surface area contributed by atoms with Crippen molar-refractivity contribution in [1.82, 2.24) is 29.7 Å². The smallest absolute Gasteiger partial charge is 0.224 e. The van der Waals surface area contributed by atoms with Gasteiger partial charge in [-0.05, 0) is 39.8 Å². The first-order valence-electron chi connectivity index (χ1n) is 12.4. The fourth-order valence-corrected chi connectivity index (χ4v) is 5.69. The lowest BCUT2D eigenvalue weighted by atomic mass is 9.97. The molecule has 5 rings (SSSR count). The predicted molar refractivity (Wildman–Crippen MR) is 138 cm³/mol. The SMILES string of the molecule is Cc1ccc(-c2cn3nc(N4CCC[C@H](C(=O)NCCCN5CCN(C)CC5)C4)sc3n2)cc1. The Kier molecular flexibility index (Phi) is 7.12. The van der Waals surface area contributed by atoms with E-state index in [1.54, 1.807) is 11.3 Å². The van der Waals surface area contributed by atoms with E-state index in [0.29, 0.717) is 0 Å². The lowest BCUT2D eigenvalue weighted by molar-refractivity contribution is -0.125. The van der Waals surface area contributed by atoms with Crippen LogP contribution < -0.4 is 10.2 Å². The van der Waals surface area contributed by atoms with Crippen LogP contribution in [0.25, 0.3) is 16.2 Å². The van der Waals surface area contributed by atoms with Crippen molar-refractivity contribution in [2.45, 2.75) is 26.2 Å². The average molecular weight is 482 g/mol. The molecular weight excluding hydrogens is 446 g/mol. The number of benzene rings is 1. The highest BCUT2D eigenvalue weighted by Gasteiger charge is 2.28. The zero-order valence-electron chi connectivity index (χ0n) is 20.2. The van der Waals surface area contributed by atoms with Gasteiger partial charge in [0.15, 0.2) is 0 Å². The molecule has 34 heavy (non-hydrogen) atoms. The maximum atomic E-state index is 12.8. The number of anilines is 1. The van der Waals surface area contributed by atoms with Crippen LogP contribution in [0.4, 0.5) is 5.13 Å². The molecule has 2 aromatic heterocycles. The summed E-state index contributed by atoms with van der Waals surface area (Å²) in [6, 6.07) is 8.41. The third kappa shape index (κ3) is 5.42. The number of imidazole rings is 1. The van der Waals surface area contributed by atoms with E-state index in [4.69, 9.17) is 10.1 Å². The molecule has 0 spiro atoms. The second-order valence-electron chi connectivity index (χ2n) is 9.68. The molecule has 1 aromatic carbocycles. The molecule has 2 saturated heterocycles. The highest BCUT2D eigenvalue weighted by Crippen LogP contribution is 2.29. The summed E-state index contributed by atoms with van der Waals surface area (Å²) in [5.74, 6) is 0.211. The number of amides is 1. The molecule has 182 valence electrons. The average Bonchev–Trinajstić information content (AvgIpc) is 3.43. The summed E-state index contributed by atoms with van der Waals surface area (Å²) in [5.41, 5.74) is 3.29. The molecule has 0 radical (unpaired) electrons. The number of carbonyl (C=O) groups excluding carboxylic acids is 1. The molecule has 9 heteroatoms. The number of piperazine rings is 1. The number of rotatable bonds is 7. The minimum atomic E-state index is 0.0247. The van der Waals surface area contributed by atoms with E-state index in [1.807, 2.05) is 10.7 Å². The zero-order chi connectivity index (χ0) is 23.5. The van der Waals surface area contributed by atoms with Gasteiger partial charge in [0.2, 0.25) is 16.0 Å². The highest BCUT2D eigenvalue weighted by molar-refractivity contribution is 7.20. The maximum absolute atomic E-state index is 12.8. The number of nitrogens with zero attached hydrogens (tertiary/aromatic N) is 6. The first-order valence-corrected chi connectivity index (χ1v) is 13.2. The molecular formula is C25H35N7OS. The second kappa shape index (κ2) is 10.4. The molecule has 3 aromatic rings. The normalized spacial score (nSPS) is 20.2. The van der Waals surface area contributed by atoms with E-state index < -0.39 is 0 Å². The number of hydrogen-bond acceptors (Lipinski definition) is 7. The Labute approximate surface area is 205 Å². The molecule has 4 heterocycles. The number of aromatic nitrogens is 3. The van der Waals surface area contributed by atoms with Gasteiger partial charge in [0, 0.05) is 51.4 Å². The van der Waals surface area contributed by atoms with Crippen LogP contribution in [0.5, 0.6) is 0 Å². The quantitative estimate of drug-likeness (QED) is 0.524. The number of piperidine rings is 1. The van der Waals surface area contributed by atoms with Gasteiger partial charge in [-0.15, -0.1) is 5.10 Å². The number of fused-ring (bicyclic) bond motifs is 1. The van der Waals surface area contributed by atoms with E-state index in [9.17, 15) is 4.79 Å². The fraction of sp³-hybridized carbons (Fsp3) is 0.560. The minimum Gasteiger partial charge on any atom is -0.356 e. The first-order chi connectivity index (χ1) is 16.5. The molecule has 8 nitrogen and oxygen atoms in total. The second-order valence-corrected chi connectivity index (χ2v) is 10.6. The molecule has 0 bridgehead atoms. The van der Waals surface area contributed by atoms with Crippen LogP contribution in [0, 0.1) is 12.8 Å². The molecule has 0 aliphatic carbocycles. The van der Waals surface area contributed by atoms with Crippen molar-refractivity contribution in [2.24, 2.45) is 5.92 Å². The van der Waals surface area contributed by atoms with Crippen LogP contribution in [0.3, 0.4) is 0 Å². The van der Waals surface area contributed by atoms with Gasteiger partial charge in [-0.25, -0.2) is 9.50 Å². The van der Waals surface area contributed by atoms with Gasteiger partial charge in [0.25, 0.3) is 0 Å². The van der Waals surface area contributed by atoms with Crippen LogP contribution in [-0.4, -0.2) is 89.7 Å². The molecule has 2 aliphatic heterocycles. The summed E-state index contributed by atoms with van der Waals surface area (Å²) >= 11 is 1.60. The Morgan fingerprint density at radius 3 is 2.71 bits per heavy atom. The predicted octanol–water partition coefficient (Wildman–Crippen LogP) is 2.74. The standard InChI is InChI=1S/C25H35N7OS/c1-19-6-8-20(9-7-19)22-18-32-24(27-22)34-25(28-32)31-12-3-5-21(17-31)23(33)26-10-4-11-30-15-13-29(2)14-16-30/h6-9,18,21H,3-5,10-17H2,1-2H3,(H,26,33)/t21-/m0/s1. The topological polar surface area (TPSA) is 69.0 Å². The van der Waals surface area contributed by atoms with Crippen LogP contribution >= 0.6 is 11.3 Å². The third-order valence-electron chi connectivity index (χ3n) is 6.99. The van der Waals surface area contributed by atoms with Crippen LogP contribution in [0.2, 0.25) is 0 Å². The van der Waals surface area contributed by atoms with Gasteiger partial charge in [-0.2, -0.15) is 0 Å². The molecule has 2 fully saturated rings. The number of carbonyl (C=O) groups is 1. The monoisotopic (exact) mass is 481 g/mol. The Balaban J connectivity index is 1.13. The van der Waals surface area contributed by atoms with Gasteiger partial charge >= 0.3 is 0 Å². The number of nitrogens with one attached hydrogen (secondary N) is 1. The minimum absolute atomic E-state index is 0.0247. The summed E-state index contributed by atoms with van der Waals surface area (Å²) in [4.78, 5) is 25.6. The third-order valence-corrected chi connectivity index (χ3v) is 7.97. The summed E-state index contributed by atoms with van der Waals surface area (Å²) in [6.07, 6.45) is 4.96. The first kappa shape index (κ1) is 23.3.